The van der Waals surface area contributed by atoms with Crippen LogP contribution in [0.4, 0.5) is 0 Å². The van der Waals surface area contributed by atoms with Crippen LogP contribution in [0.3, 0.4) is 0 Å². The summed E-state index contributed by atoms with van der Waals surface area (Å²) in [6.07, 6.45) is 0.628. The molecule has 0 spiro atoms. The van der Waals surface area contributed by atoms with Crippen molar-refractivity contribution in [1.29, 1.82) is 5.26 Å². The largest absolute Gasteiger partial charge is 0.381 e. The van der Waals surface area contributed by atoms with Crippen molar-refractivity contribution in [2.45, 2.75) is 26.3 Å². The Kier molecular flexibility index (Phi) is 5.81. The summed E-state index contributed by atoms with van der Waals surface area (Å²) in [6.45, 7) is 5.51. The number of nitriles is 1. The molecule has 11 heavy (non-hydrogen) atoms. The fourth-order valence-electron chi connectivity index (χ4n) is 0.594. The van der Waals surface area contributed by atoms with Gasteiger partial charge in [-0.2, -0.15) is 5.26 Å². The van der Waals surface area contributed by atoms with E-state index in [2.05, 4.69) is 13.8 Å². The minimum Gasteiger partial charge on any atom is -0.381 e. The first kappa shape index (κ1) is 10.4. The third-order valence-electron chi connectivity index (χ3n) is 1.19. The summed E-state index contributed by atoms with van der Waals surface area (Å²) >= 11 is 0. The average Bonchev–Trinajstić information content (AvgIpc) is 1.97. The lowest BCUT2D eigenvalue weighted by atomic mass is 10.2. The van der Waals surface area contributed by atoms with Crippen LogP contribution in [0.15, 0.2) is 0 Å². The molecule has 0 rings (SSSR count). The van der Waals surface area contributed by atoms with Crippen molar-refractivity contribution in [2.24, 2.45) is 11.7 Å². The molecule has 0 aromatic heterocycles. The second-order valence-corrected chi connectivity index (χ2v) is 2.99. The highest BCUT2D eigenvalue weighted by Gasteiger charge is 1.99. The van der Waals surface area contributed by atoms with Crippen LogP contribution in [0.25, 0.3) is 0 Å². The van der Waals surface area contributed by atoms with Crippen LogP contribution >= 0.6 is 0 Å². The maximum absolute atomic E-state index is 8.31. The van der Waals surface area contributed by atoms with Gasteiger partial charge in [-0.15, -0.1) is 0 Å². The number of rotatable bonds is 5. The first-order valence-electron chi connectivity index (χ1n) is 3.89. The van der Waals surface area contributed by atoms with E-state index in [1.807, 2.05) is 6.07 Å². The van der Waals surface area contributed by atoms with Gasteiger partial charge in [-0.1, -0.05) is 13.8 Å². The Balaban J connectivity index is 3.10. The highest BCUT2D eigenvalue weighted by atomic mass is 16.5. The molecule has 1 unspecified atom stereocenters. The van der Waals surface area contributed by atoms with E-state index in [9.17, 15) is 0 Å². The summed E-state index contributed by atoms with van der Waals surface area (Å²) in [7, 11) is 0. The zero-order chi connectivity index (χ0) is 8.69. The molecule has 0 aliphatic heterocycles. The molecule has 0 aliphatic carbocycles. The number of hydrogen-bond donors (Lipinski definition) is 1. The molecule has 0 aromatic carbocycles. The molecular weight excluding hydrogens is 140 g/mol. The molecule has 0 bridgehead atoms. The van der Waals surface area contributed by atoms with E-state index in [0.29, 0.717) is 18.9 Å². The SMILES string of the molecule is CC(C)COCCC(N)C#N. The van der Waals surface area contributed by atoms with Crippen LogP contribution in [0.1, 0.15) is 20.3 Å². The second kappa shape index (κ2) is 6.14. The predicted molar refractivity (Wildman–Crippen MR) is 43.9 cm³/mol. The molecule has 0 saturated carbocycles. The summed E-state index contributed by atoms with van der Waals surface area (Å²) in [5, 5.41) is 8.31. The molecule has 0 radical (unpaired) electrons. The summed E-state index contributed by atoms with van der Waals surface area (Å²) in [5.74, 6) is 0.549. The number of nitrogens with two attached hydrogens (primary N) is 1. The lowest BCUT2D eigenvalue weighted by Crippen LogP contribution is -2.19. The molecule has 3 nitrogen and oxygen atoms in total. The Morgan fingerprint density at radius 1 is 1.55 bits per heavy atom. The van der Waals surface area contributed by atoms with Gasteiger partial charge in [0, 0.05) is 13.2 Å². The highest BCUT2D eigenvalue weighted by molar-refractivity contribution is 4.85. The lowest BCUT2D eigenvalue weighted by molar-refractivity contribution is 0.106. The van der Waals surface area contributed by atoms with Crippen LogP contribution in [0.2, 0.25) is 0 Å². The van der Waals surface area contributed by atoms with Gasteiger partial charge in [0.15, 0.2) is 0 Å². The van der Waals surface area contributed by atoms with E-state index in [1.165, 1.54) is 0 Å². The van der Waals surface area contributed by atoms with Gasteiger partial charge < -0.3 is 10.5 Å². The Bertz CT molecular complexity index is 129. The Morgan fingerprint density at radius 2 is 2.18 bits per heavy atom. The maximum Gasteiger partial charge on any atom is 0.0950 e. The van der Waals surface area contributed by atoms with Crippen LogP contribution < -0.4 is 5.73 Å². The topological polar surface area (TPSA) is 59.0 Å². The third-order valence-corrected chi connectivity index (χ3v) is 1.19. The van der Waals surface area contributed by atoms with Crippen LogP contribution in [-0.2, 0) is 4.74 Å². The van der Waals surface area contributed by atoms with Crippen molar-refractivity contribution in [1.82, 2.24) is 0 Å². The minimum atomic E-state index is -0.373. The van der Waals surface area contributed by atoms with E-state index in [0.717, 1.165) is 6.61 Å². The zero-order valence-electron chi connectivity index (χ0n) is 7.21. The van der Waals surface area contributed by atoms with E-state index in [1.54, 1.807) is 0 Å². The fraction of sp³-hybridized carbons (Fsp3) is 0.875. The van der Waals surface area contributed by atoms with Gasteiger partial charge in [0.25, 0.3) is 0 Å². The van der Waals surface area contributed by atoms with Crippen LogP contribution in [0, 0.1) is 17.2 Å². The molecule has 0 aliphatic rings. The lowest BCUT2D eigenvalue weighted by Gasteiger charge is -2.06. The Hall–Kier alpha value is -0.590. The van der Waals surface area contributed by atoms with Crippen molar-refractivity contribution in [3.8, 4) is 6.07 Å². The quantitative estimate of drug-likeness (QED) is 0.601. The molecular formula is C8H16N2O. The molecule has 0 heterocycles. The van der Waals surface area contributed by atoms with E-state index >= 15 is 0 Å². The monoisotopic (exact) mass is 156 g/mol. The molecule has 2 N–H and O–H groups in total. The van der Waals surface area contributed by atoms with Gasteiger partial charge in [-0.05, 0) is 12.3 Å². The van der Waals surface area contributed by atoms with Gasteiger partial charge >= 0.3 is 0 Å². The van der Waals surface area contributed by atoms with Gasteiger partial charge in [-0.3, -0.25) is 0 Å². The van der Waals surface area contributed by atoms with E-state index in [-0.39, 0.29) is 6.04 Å². The van der Waals surface area contributed by atoms with Crippen molar-refractivity contribution in [3.05, 3.63) is 0 Å². The van der Waals surface area contributed by atoms with Crippen molar-refractivity contribution < 1.29 is 4.74 Å². The van der Waals surface area contributed by atoms with Crippen molar-refractivity contribution in [3.63, 3.8) is 0 Å². The predicted octanol–water partition coefficient (Wildman–Crippen LogP) is 0.900. The minimum absolute atomic E-state index is 0.373. The first-order valence-corrected chi connectivity index (χ1v) is 3.89. The van der Waals surface area contributed by atoms with Crippen molar-refractivity contribution in [2.75, 3.05) is 13.2 Å². The summed E-state index contributed by atoms with van der Waals surface area (Å²) in [5.41, 5.74) is 5.35. The van der Waals surface area contributed by atoms with Gasteiger partial charge in [0.1, 0.15) is 0 Å². The molecule has 3 heteroatoms. The Labute approximate surface area is 68.1 Å². The highest BCUT2D eigenvalue weighted by Crippen LogP contribution is 1.94. The van der Waals surface area contributed by atoms with Crippen LogP contribution in [-0.4, -0.2) is 19.3 Å². The molecule has 64 valence electrons. The van der Waals surface area contributed by atoms with Crippen LogP contribution in [0.5, 0.6) is 0 Å². The molecule has 0 aromatic rings. The number of ether oxygens (including phenoxy) is 1. The number of hydrogen-bond acceptors (Lipinski definition) is 3. The first-order chi connectivity index (χ1) is 5.16. The van der Waals surface area contributed by atoms with Gasteiger partial charge in [0.05, 0.1) is 12.1 Å². The zero-order valence-corrected chi connectivity index (χ0v) is 7.21. The van der Waals surface area contributed by atoms with Gasteiger partial charge in [0.2, 0.25) is 0 Å². The smallest absolute Gasteiger partial charge is 0.0950 e. The van der Waals surface area contributed by atoms with E-state index in [4.69, 9.17) is 15.7 Å². The van der Waals surface area contributed by atoms with Gasteiger partial charge in [-0.25, -0.2) is 0 Å². The third kappa shape index (κ3) is 7.31. The fourth-order valence-corrected chi connectivity index (χ4v) is 0.594. The summed E-state index contributed by atoms with van der Waals surface area (Å²) < 4.78 is 5.24. The van der Waals surface area contributed by atoms with E-state index < -0.39 is 0 Å². The average molecular weight is 156 g/mol. The molecule has 1 atom stereocenters. The summed E-state index contributed by atoms with van der Waals surface area (Å²) in [4.78, 5) is 0. The van der Waals surface area contributed by atoms with Crippen molar-refractivity contribution >= 4 is 0 Å². The molecule has 0 fully saturated rings. The molecule has 0 amide bonds. The normalized spacial score (nSPS) is 13.0. The standard InChI is InChI=1S/C8H16N2O/c1-7(2)6-11-4-3-8(10)5-9/h7-8H,3-4,6,10H2,1-2H3. The molecule has 0 saturated heterocycles. The second-order valence-electron chi connectivity index (χ2n) is 2.99. The Morgan fingerprint density at radius 3 is 2.64 bits per heavy atom. The maximum atomic E-state index is 8.31. The number of nitrogens with zero attached hydrogens (tertiary/aromatic N) is 1. The summed E-state index contributed by atoms with van der Waals surface area (Å²) in [6, 6.07) is 1.58.